The molecule has 0 spiro atoms. The van der Waals surface area contributed by atoms with E-state index in [1.54, 1.807) is 42.5 Å². The van der Waals surface area contributed by atoms with Crippen molar-refractivity contribution in [3.05, 3.63) is 164 Å². The molecular formula is C35H27F3N4O5. The Bertz CT molecular complexity index is 2140. The summed E-state index contributed by atoms with van der Waals surface area (Å²) in [6, 6.07) is 25.3. The highest BCUT2D eigenvalue weighted by atomic mass is 19.2. The van der Waals surface area contributed by atoms with Crippen molar-refractivity contribution in [3.63, 3.8) is 0 Å². The van der Waals surface area contributed by atoms with E-state index in [0.29, 0.717) is 34.7 Å². The van der Waals surface area contributed by atoms with Gasteiger partial charge in [0, 0.05) is 12.3 Å². The first-order valence-electron chi connectivity index (χ1n) is 14.5. The van der Waals surface area contributed by atoms with Gasteiger partial charge in [0.25, 0.3) is 11.5 Å². The number of amides is 1. The molecule has 1 atom stereocenters. The quantitative estimate of drug-likeness (QED) is 0.159. The van der Waals surface area contributed by atoms with Gasteiger partial charge in [0.1, 0.15) is 30.3 Å². The van der Waals surface area contributed by atoms with Crippen LogP contribution in [0.5, 0.6) is 11.5 Å². The third-order valence-corrected chi connectivity index (χ3v) is 7.40. The first-order valence-corrected chi connectivity index (χ1v) is 14.5. The normalized spacial score (nSPS) is 11.7. The molecule has 1 amide bonds. The number of carbonyl (C=O) groups excluding carboxylic acids is 1. The van der Waals surface area contributed by atoms with Crippen molar-refractivity contribution in [2.75, 3.05) is 6.61 Å². The summed E-state index contributed by atoms with van der Waals surface area (Å²) in [7, 11) is 0. The summed E-state index contributed by atoms with van der Waals surface area (Å²) in [5.74, 6) is -4.07. The summed E-state index contributed by atoms with van der Waals surface area (Å²) < 4.78 is 54.0. The molecule has 9 nitrogen and oxygen atoms in total. The van der Waals surface area contributed by atoms with Gasteiger partial charge in [-0.3, -0.25) is 9.59 Å². The number of nitrogens with zero attached hydrogens (tertiary/aromatic N) is 1. The molecule has 1 unspecified atom stereocenters. The molecule has 0 aliphatic rings. The van der Waals surface area contributed by atoms with Gasteiger partial charge in [-0.2, -0.15) is 0 Å². The van der Waals surface area contributed by atoms with E-state index in [9.17, 15) is 27.6 Å². The van der Waals surface area contributed by atoms with E-state index in [2.05, 4.69) is 15.3 Å². The number of aromatic amines is 2. The number of fused-ring (bicyclic) bond motifs is 1. The van der Waals surface area contributed by atoms with Gasteiger partial charge in [-0.1, -0.05) is 42.5 Å². The molecule has 2 aromatic heterocycles. The topological polar surface area (TPSA) is 118 Å². The second-order valence-electron chi connectivity index (χ2n) is 10.7. The molecule has 0 saturated carbocycles. The number of carbonyl (C=O) groups is 1. The Labute approximate surface area is 265 Å². The van der Waals surface area contributed by atoms with Crippen molar-refractivity contribution in [2.24, 2.45) is 0 Å². The van der Waals surface area contributed by atoms with Crippen molar-refractivity contribution in [1.29, 1.82) is 0 Å². The number of benzene rings is 4. The number of imidazole rings is 1. The number of hydrogen-bond acceptors (Lipinski definition) is 5. The zero-order chi connectivity index (χ0) is 32.9. The maximum atomic E-state index is 13.8. The third-order valence-electron chi connectivity index (χ3n) is 7.40. The molecule has 6 rings (SSSR count). The molecule has 0 saturated heterocycles. The minimum absolute atomic E-state index is 0.00245. The Hall–Kier alpha value is -6.04. The minimum atomic E-state index is -1.61. The van der Waals surface area contributed by atoms with E-state index in [1.165, 1.54) is 18.3 Å². The molecule has 0 radical (unpaired) electrons. The zero-order valence-corrected chi connectivity index (χ0v) is 24.6. The number of pyridine rings is 1. The highest BCUT2D eigenvalue weighted by Crippen LogP contribution is 2.23. The predicted octanol–water partition coefficient (Wildman–Crippen LogP) is 5.61. The first-order chi connectivity index (χ1) is 22.7. The van der Waals surface area contributed by atoms with Crippen molar-refractivity contribution in [1.82, 2.24) is 19.9 Å². The average Bonchev–Trinajstić information content (AvgIpc) is 3.45. The lowest BCUT2D eigenvalue weighted by Gasteiger charge is -2.20. The molecule has 0 bridgehead atoms. The summed E-state index contributed by atoms with van der Waals surface area (Å²) in [6.07, 6.45) is 1.36. The Morgan fingerprint density at radius 3 is 2.21 bits per heavy atom. The van der Waals surface area contributed by atoms with Crippen LogP contribution in [-0.2, 0) is 13.2 Å². The summed E-state index contributed by atoms with van der Waals surface area (Å²) in [6.45, 7) is 0.0186. The van der Waals surface area contributed by atoms with Gasteiger partial charge in [-0.05, 0) is 65.2 Å². The van der Waals surface area contributed by atoms with Crippen LogP contribution in [0.4, 0.5) is 13.2 Å². The minimum Gasteiger partial charge on any atom is -0.491 e. The molecule has 12 heteroatoms. The van der Waals surface area contributed by atoms with E-state index in [0.717, 1.165) is 22.3 Å². The molecule has 0 fully saturated rings. The molecular weight excluding hydrogens is 613 g/mol. The highest BCUT2D eigenvalue weighted by molar-refractivity contribution is 5.94. The fraction of sp³-hybridized carbons (Fsp3) is 0.114. The fourth-order valence-electron chi connectivity index (χ4n) is 5.01. The molecule has 0 aliphatic carbocycles. The molecule has 4 aromatic carbocycles. The fourth-order valence-corrected chi connectivity index (χ4v) is 5.01. The van der Waals surface area contributed by atoms with Crippen LogP contribution in [0.1, 0.15) is 33.1 Å². The molecule has 2 heterocycles. The van der Waals surface area contributed by atoms with E-state index in [1.807, 2.05) is 30.3 Å². The second-order valence-corrected chi connectivity index (χ2v) is 10.7. The van der Waals surface area contributed by atoms with Crippen LogP contribution in [0.25, 0.3) is 11.0 Å². The predicted molar refractivity (Wildman–Crippen MR) is 168 cm³/mol. The lowest BCUT2D eigenvalue weighted by molar-refractivity contribution is 0.0919. The summed E-state index contributed by atoms with van der Waals surface area (Å²) in [5, 5.41) is 2.84. The van der Waals surface area contributed by atoms with E-state index in [-0.39, 0.29) is 30.0 Å². The number of aromatic nitrogens is 3. The Kier molecular flexibility index (Phi) is 8.91. The molecule has 0 aliphatic heterocycles. The Morgan fingerprint density at radius 1 is 0.766 bits per heavy atom. The van der Waals surface area contributed by atoms with Gasteiger partial charge in [-0.25, -0.2) is 18.0 Å². The molecule has 3 N–H and O–H groups in total. The standard InChI is InChI=1S/C35H27F3N4O5/c36-27-15-22(16-28(37)32(27)38)18-42-14-4-7-26(34(42)44)33(43)39-31(20-47-25-12-13-29-30(17-25)41-35(45)40-29)23-8-10-24(11-9-23)46-19-21-5-2-1-3-6-21/h1-17,31H,18-20H2,(H,39,43)(H2,40,41,45). The van der Waals surface area contributed by atoms with E-state index < -0.39 is 35.0 Å². The summed E-state index contributed by atoms with van der Waals surface area (Å²) in [4.78, 5) is 43.8. The largest absolute Gasteiger partial charge is 0.491 e. The van der Waals surface area contributed by atoms with Gasteiger partial charge < -0.3 is 29.3 Å². The van der Waals surface area contributed by atoms with Gasteiger partial charge in [-0.15, -0.1) is 0 Å². The lowest BCUT2D eigenvalue weighted by Crippen LogP contribution is -2.37. The maximum absolute atomic E-state index is 13.8. The second kappa shape index (κ2) is 13.5. The van der Waals surface area contributed by atoms with Crippen molar-refractivity contribution >= 4 is 16.9 Å². The number of nitrogens with one attached hydrogen (secondary N) is 3. The van der Waals surface area contributed by atoms with Crippen molar-refractivity contribution < 1.29 is 27.4 Å². The van der Waals surface area contributed by atoms with Gasteiger partial charge in [0.2, 0.25) is 0 Å². The Balaban J connectivity index is 1.23. The highest BCUT2D eigenvalue weighted by Gasteiger charge is 2.21. The number of halogens is 3. The number of hydrogen-bond donors (Lipinski definition) is 3. The van der Waals surface area contributed by atoms with Crippen LogP contribution in [0.15, 0.2) is 113 Å². The zero-order valence-electron chi connectivity index (χ0n) is 24.6. The average molecular weight is 641 g/mol. The van der Waals surface area contributed by atoms with Crippen molar-refractivity contribution in [3.8, 4) is 11.5 Å². The lowest BCUT2D eigenvalue weighted by atomic mass is 10.1. The van der Waals surface area contributed by atoms with Crippen LogP contribution < -0.4 is 26.0 Å². The maximum Gasteiger partial charge on any atom is 0.323 e. The van der Waals surface area contributed by atoms with E-state index in [4.69, 9.17) is 9.47 Å². The monoisotopic (exact) mass is 640 g/mol. The number of ether oxygens (including phenoxy) is 2. The molecule has 238 valence electrons. The summed E-state index contributed by atoms with van der Waals surface area (Å²) in [5.41, 5.74) is 1.48. The van der Waals surface area contributed by atoms with E-state index >= 15 is 0 Å². The van der Waals surface area contributed by atoms with Crippen LogP contribution >= 0.6 is 0 Å². The molecule has 6 aromatic rings. The van der Waals surface area contributed by atoms with Crippen LogP contribution in [0.2, 0.25) is 0 Å². The number of rotatable bonds is 11. The summed E-state index contributed by atoms with van der Waals surface area (Å²) >= 11 is 0. The first kappa shape index (κ1) is 31.0. The SMILES string of the molecule is O=C(NC(COc1ccc2[nH]c(=O)[nH]c2c1)c1ccc(OCc2ccccc2)cc1)c1cccn(Cc2cc(F)c(F)c(F)c2)c1=O. The van der Waals surface area contributed by atoms with Gasteiger partial charge in [0.05, 0.1) is 23.6 Å². The molecule has 47 heavy (non-hydrogen) atoms. The third kappa shape index (κ3) is 7.28. The number of H-pyrrole nitrogens is 2. The van der Waals surface area contributed by atoms with Gasteiger partial charge >= 0.3 is 5.69 Å². The smallest absolute Gasteiger partial charge is 0.323 e. The van der Waals surface area contributed by atoms with Gasteiger partial charge in [0.15, 0.2) is 17.5 Å². The van der Waals surface area contributed by atoms with Crippen LogP contribution in [0.3, 0.4) is 0 Å². The van der Waals surface area contributed by atoms with Crippen molar-refractivity contribution in [2.45, 2.75) is 19.2 Å². The Morgan fingerprint density at radius 2 is 1.47 bits per heavy atom. The van der Waals surface area contributed by atoms with Crippen LogP contribution in [0, 0.1) is 17.5 Å². The van der Waals surface area contributed by atoms with Crippen LogP contribution in [-0.4, -0.2) is 27.0 Å².